The summed E-state index contributed by atoms with van der Waals surface area (Å²) in [6.07, 6.45) is 2.42. The van der Waals surface area contributed by atoms with Crippen LogP contribution in [-0.4, -0.2) is 19.7 Å². The fraction of sp³-hybridized carbons (Fsp3) is 0.0625. The molecule has 0 radical (unpaired) electrons. The fourth-order valence-corrected chi connectivity index (χ4v) is 3.41. The number of nitrogens with zero attached hydrogens (tertiary/aromatic N) is 1. The number of H-pyrrole nitrogens is 1. The predicted molar refractivity (Wildman–Crippen MR) is 82.6 cm³/mol. The Bertz CT molecular complexity index is 1100. The highest BCUT2D eigenvalue weighted by atomic mass is 32.2. The Kier molecular flexibility index (Phi) is 3.73. The van der Waals surface area contributed by atoms with Crippen LogP contribution in [0.1, 0.15) is 5.56 Å². The van der Waals surface area contributed by atoms with E-state index >= 15 is 0 Å². The van der Waals surface area contributed by atoms with Gasteiger partial charge < -0.3 is 9.72 Å². The van der Waals surface area contributed by atoms with E-state index in [2.05, 4.69) is 4.98 Å². The van der Waals surface area contributed by atoms with Crippen LogP contribution in [0.2, 0.25) is 0 Å². The molecule has 1 N–H and O–H groups in total. The van der Waals surface area contributed by atoms with Crippen molar-refractivity contribution in [1.82, 2.24) is 4.98 Å². The third-order valence-corrected chi connectivity index (χ3v) is 4.51. The number of ether oxygens (including phenoxy) is 1. The van der Waals surface area contributed by atoms with Gasteiger partial charge in [-0.2, -0.15) is 5.26 Å². The number of benzene rings is 2. The van der Waals surface area contributed by atoms with Crippen LogP contribution in [0.3, 0.4) is 0 Å². The van der Waals surface area contributed by atoms with Crippen LogP contribution in [0, 0.1) is 23.0 Å². The number of hydrogen-bond donors (Lipinski definition) is 1. The highest BCUT2D eigenvalue weighted by Gasteiger charge is 2.24. The van der Waals surface area contributed by atoms with Gasteiger partial charge in [-0.3, -0.25) is 0 Å². The van der Waals surface area contributed by atoms with Crippen molar-refractivity contribution in [2.45, 2.75) is 4.90 Å². The van der Waals surface area contributed by atoms with Crippen molar-refractivity contribution >= 4 is 20.7 Å². The van der Waals surface area contributed by atoms with Gasteiger partial charge in [0.1, 0.15) is 22.5 Å². The van der Waals surface area contributed by atoms with E-state index in [0.717, 1.165) is 24.5 Å². The van der Waals surface area contributed by atoms with Gasteiger partial charge in [-0.15, -0.1) is 0 Å². The number of halogens is 2. The van der Waals surface area contributed by atoms with Gasteiger partial charge in [0, 0.05) is 35.5 Å². The van der Waals surface area contributed by atoms with E-state index in [1.54, 1.807) is 6.07 Å². The number of sulfone groups is 1. The summed E-state index contributed by atoms with van der Waals surface area (Å²) in [4.78, 5) is 2.42. The maximum absolute atomic E-state index is 14.4. The van der Waals surface area contributed by atoms with E-state index in [4.69, 9.17) is 10.00 Å². The Morgan fingerprint density at radius 3 is 2.58 bits per heavy atom. The minimum atomic E-state index is -3.82. The number of aromatic amines is 1. The second-order valence-electron chi connectivity index (χ2n) is 5.08. The van der Waals surface area contributed by atoms with Crippen molar-refractivity contribution in [2.75, 3.05) is 6.26 Å². The molecular weight excluding hydrogens is 338 g/mol. The second-order valence-corrected chi connectivity index (χ2v) is 7.04. The molecule has 2 aromatic carbocycles. The van der Waals surface area contributed by atoms with Gasteiger partial charge in [0.15, 0.2) is 21.4 Å². The van der Waals surface area contributed by atoms with Crippen LogP contribution in [0.25, 0.3) is 10.9 Å². The topological polar surface area (TPSA) is 82.9 Å². The Morgan fingerprint density at radius 1 is 1.17 bits per heavy atom. The molecule has 8 heteroatoms. The maximum Gasteiger partial charge on any atom is 0.182 e. The van der Waals surface area contributed by atoms with Crippen molar-refractivity contribution < 1.29 is 21.9 Å². The molecule has 122 valence electrons. The molecule has 0 aliphatic rings. The zero-order chi connectivity index (χ0) is 17.5. The summed E-state index contributed by atoms with van der Waals surface area (Å²) < 4.78 is 57.3. The van der Waals surface area contributed by atoms with E-state index in [1.165, 1.54) is 18.3 Å². The number of nitrogens with one attached hydrogen (secondary N) is 1. The molecule has 1 heterocycles. The molecule has 5 nitrogen and oxygen atoms in total. The molecule has 3 rings (SSSR count). The number of fused-ring (bicyclic) bond motifs is 1. The molecule has 0 unspecified atom stereocenters. The summed E-state index contributed by atoms with van der Waals surface area (Å²) in [6.45, 7) is 0. The standard InChI is InChI=1S/C16H10F2N2O3S/c1-24(21,22)16-11-4-5-20-14(11)7-13(18)15(16)23-10-2-3-12(17)9(6-10)8-19/h2-7,20H,1H3. The number of hydrogen-bond acceptors (Lipinski definition) is 4. The summed E-state index contributed by atoms with van der Waals surface area (Å²) in [5.41, 5.74) is 0.00799. The van der Waals surface area contributed by atoms with Gasteiger partial charge in [0.05, 0.1) is 5.56 Å². The van der Waals surface area contributed by atoms with Crippen LogP contribution in [0.15, 0.2) is 41.4 Å². The number of nitriles is 1. The summed E-state index contributed by atoms with van der Waals surface area (Å²) in [5.74, 6) is -2.20. The molecule has 0 aliphatic heterocycles. The second kappa shape index (κ2) is 5.62. The zero-order valence-corrected chi connectivity index (χ0v) is 13.1. The van der Waals surface area contributed by atoms with Crippen LogP contribution >= 0.6 is 0 Å². The average molecular weight is 348 g/mol. The van der Waals surface area contributed by atoms with Gasteiger partial charge in [-0.25, -0.2) is 17.2 Å². The first kappa shape index (κ1) is 16.0. The summed E-state index contributed by atoms with van der Waals surface area (Å²) in [6, 6.07) is 7.47. The highest BCUT2D eigenvalue weighted by molar-refractivity contribution is 7.91. The van der Waals surface area contributed by atoms with Gasteiger partial charge in [-0.1, -0.05) is 0 Å². The Hall–Kier alpha value is -2.92. The quantitative estimate of drug-likeness (QED) is 0.785. The molecule has 0 atom stereocenters. The monoisotopic (exact) mass is 348 g/mol. The van der Waals surface area contributed by atoms with Gasteiger partial charge in [0.25, 0.3) is 0 Å². The van der Waals surface area contributed by atoms with Gasteiger partial charge in [-0.05, 0) is 18.2 Å². The molecule has 0 fully saturated rings. The lowest BCUT2D eigenvalue weighted by Crippen LogP contribution is -2.03. The molecule has 0 spiro atoms. The molecule has 0 saturated heterocycles. The average Bonchev–Trinajstić information content (AvgIpc) is 2.95. The fourth-order valence-electron chi connectivity index (χ4n) is 2.36. The molecule has 24 heavy (non-hydrogen) atoms. The predicted octanol–water partition coefficient (Wildman–Crippen LogP) is 3.51. The molecule has 0 aliphatic carbocycles. The van der Waals surface area contributed by atoms with Crippen molar-refractivity contribution in [3.8, 4) is 17.6 Å². The highest BCUT2D eigenvalue weighted by Crippen LogP contribution is 2.37. The zero-order valence-electron chi connectivity index (χ0n) is 12.3. The number of rotatable bonds is 3. The maximum atomic E-state index is 14.4. The molecular formula is C16H10F2N2O3S. The first-order valence-electron chi connectivity index (χ1n) is 6.68. The lowest BCUT2D eigenvalue weighted by atomic mass is 10.2. The first-order valence-corrected chi connectivity index (χ1v) is 8.57. The minimum absolute atomic E-state index is 0.0494. The first-order chi connectivity index (χ1) is 11.3. The Labute approximate surface area is 136 Å². The smallest absolute Gasteiger partial charge is 0.182 e. The van der Waals surface area contributed by atoms with Gasteiger partial charge in [0.2, 0.25) is 0 Å². The van der Waals surface area contributed by atoms with Crippen molar-refractivity contribution in [3.63, 3.8) is 0 Å². The Balaban J connectivity index is 2.23. The summed E-state index contributed by atoms with van der Waals surface area (Å²) in [7, 11) is -3.82. The van der Waals surface area contributed by atoms with E-state index in [1.807, 2.05) is 0 Å². The third-order valence-electron chi connectivity index (χ3n) is 3.37. The van der Waals surface area contributed by atoms with Crippen LogP contribution in [0.4, 0.5) is 8.78 Å². The van der Waals surface area contributed by atoms with E-state index in [9.17, 15) is 17.2 Å². The molecule has 0 amide bonds. The molecule has 0 bridgehead atoms. The number of aromatic nitrogens is 1. The molecule has 1 aromatic heterocycles. The van der Waals surface area contributed by atoms with E-state index in [-0.39, 0.29) is 21.6 Å². The van der Waals surface area contributed by atoms with Crippen LogP contribution in [-0.2, 0) is 9.84 Å². The normalized spacial score (nSPS) is 11.4. The van der Waals surface area contributed by atoms with Crippen molar-refractivity contribution in [2.24, 2.45) is 0 Å². The van der Waals surface area contributed by atoms with Crippen molar-refractivity contribution in [3.05, 3.63) is 53.7 Å². The third kappa shape index (κ3) is 2.70. The minimum Gasteiger partial charge on any atom is -0.453 e. The van der Waals surface area contributed by atoms with E-state index < -0.39 is 27.2 Å². The largest absolute Gasteiger partial charge is 0.453 e. The van der Waals surface area contributed by atoms with E-state index in [0.29, 0.717) is 5.52 Å². The lowest BCUT2D eigenvalue weighted by molar-refractivity contribution is 0.429. The van der Waals surface area contributed by atoms with Crippen LogP contribution in [0.5, 0.6) is 11.5 Å². The summed E-state index contributed by atoms with van der Waals surface area (Å²) in [5, 5.41) is 9.12. The van der Waals surface area contributed by atoms with Crippen molar-refractivity contribution in [1.29, 1.82) is 5.26 Å². The Morgan fingerprint density at radius 2 is 1.92 bits per heavy atom. The SMILES string of the molecule is CS(=O)(=O)c1c(Oc2ccc(F)c(C#N)c2)c(F)cc2[nH]ccc12. The van der Waals surface area contributed by atoms with Gasteiger partial charge >= 0.3 is 0 Å². The molecule has 3 aromatic rings. The van der Waals surface area contributed by atoms with Crippen LogP contribution < -0.4 is 4.74 Å². The lowest BCUT2D eigenvalue weighted by Gasteiger charge is -2.12. The summed E-state index contributed by atoms with van der Waals surface area (Å²) >= 11 is 0. The molecule has 0 saturated carbocycles.